The summed E-state index contributed by atoms with van der Waals surface area (Å²) in [6, 6.07) is 12.4. The SMILES string of the molecule is C=C1N(c2ccc(C#N)c(C(F)(F)F)c2)C(=O)C(CC)(CC)N1c1ccc(C)cc1. The van der Waals surface area contributed by atoms with Crippen LogP contribution in [0.25, 0.3) is 0 Å². The highest BCUT2D eigenvalue weighted by atomic mass is 19.4. The number of alkyl halides is 3. The molecule has 0 atom stereocenters. The van der Waals surface area contributed by atoms with Gasteiger partial charge in [0.25, 0.3) is 5.91 Å². The van der Waals surface area contributed by atoms with E-state index in [1.54, 1.807) is 11.0 Å². The lowest BCUT2D eigenvalue weighted by Gasteiger charge is -2.35. The number of anilines is 2. The van der Waals surface area contributed by atoms with Gasteiger partial charge in [0.15, 0.2) is 0 Å². The first-order chi connectivity index (χ1) is 14.1. The molecular formula is C23H22F3N3O. The van der Waals surface area contributed by atoms with Gasteiger partial charge in [-0.15, -0.1) is 0 Å². The summed E-state index contributed by atoms with van der Waals surface area (Å²) in [6.07, 6.45) is -3.81. The van der Waals surface area contributed by atoms with E-state index in [9.17, 15) is 18.0 Å². The van der Waals surface area contributed by atoms with E-state index < -0.39 is 22.8 Å². The second kappa shape index (κ2) is 7.52. The van der Waals surface area contributed by atoms with Crippen LogP contribution in [-0.2, 0) is 11.0 Å². The third-order valence-corrected chi connectivity index (χ3v) is 5.69. The summed E-state index contributed by atoms with van der Waals surface area (Å²) in [5.41, 5.74) is -0.690. The number of hydrogen-bond acceptors (Lipinski definition) is 3. The monoisotopic (exact) mass is 413 g/mol. The van der Waals surface area contributed by atoms with Gasteiger partial charge in [-0.3, -0.25) is 9.69 Å². The molecule has 0 N–H and O–H groups in total. The Morgan fingerprint density at radius 2 is 1.63 bits per heavy atom. The molecule has 1 saturated heterocycles. The number of amides is 1. The number of rotatable bonds is 4. The highest BCUT2D eigenvalue weighted by molar-refractivity contribution is 6.10. The van der Waals surface area contributed by atoms with Crippen LogP contribution in [0.2, 0.25) is 0 Å². The van der Waals surface area contributed by atoms with Crippen molar-refractivity contribution in [3.05, 3.63) is 71.6 Å². The first-order valence-corrected chi connectivity index (χ1v) is 9.62. The van der Waals surface area contributed by atoms with Crippen LogP contribution in [0.15, 0.2) is 54.9 Å². The zero-order valence-corrected chi connectivity index (χ0v) is 17.0. The standard InChI is InChI=1S/C23H22F3N3O/c1-5-22(6-2)21(30)28(16(4)29(22)18-10-7-15(3)8-11-18)19-12-9-17(14-27)20(13-19)23(24,25)26/h7-13H,4-6H2,1-3H3. The molecule has 0 bridgehead atoms. The van der Waals surface area contributed by atoms with Gasteiger partial charge in [-0.25, -0.2) is 0 Å². The van der Waals surface area contributed by atoms with E-state index in [0.29, 0.717) is 12.8 Å². The molecule has 0 saturated carbocycles. The Hall–Kier alpha value is -3.27. The third-order valence-electron chi connectivity index (χ3n) is 5.69. The second-order valence-corrected chi connectivity index (χ2v) is 7.31. The van der Waals surface area contributed by atoms with E-state index in [1.807, 2.05) is 45.0 Å². The quantitative estimate of drug-likeness (QED) is 0.639. The summed E-state index contributed by atoms with van der Waals surface area (Å²) in [5.74, 6) is -0.0544. The molecule has 0 spiro atoms. The van der Waals surface area contributed by atoms with Gasteiger partial charge in [0.05, 0.1) is 22.9 Å². The molecule has 0 aromatic heterocycles. The van der Waals surface area contributed by atoms with Gasteiger partial charge >= 0.3 is 6.18 Å². The Morgan fingerprint density at radius 1 is 1.07 bits per heavy atom. The van der Waals surface area contributed by atoms with Gasteiger partial charge in [0, 0.05) is 5.69 Å². The van der Waals surface area contributed by atoms with E-state index in [0.717, 1.165) is 23.4 Å². The van der Waals surface area contributed by atoms with Crippen molar-refractivity contribution in [2.45, 2.75) is 45.3 Å². The smallest absolute Gasteiger partial charge is 0.313 e. The molecule has 1 heterocycles. The van der Waals surface area contributed by atoms with Crippen molar-refractivity contribution in [2.24, 2.45) is 0 Å². The molecule has 1 aliphatic rings. The highest BCUT2D eigenvalue weighted by Gasteiger charge is 2.53. The number of halogens is 3. The fourth-order valence-electron chi connectivity index (χ4n) is 4.00. The van der Waals surface area contributed by atoms with E-state index in [-0.39, 0.29) is 17.4 Å². The van der Waals surface area contributed by atoms with Crippen LogP contribution in [0.3, 0.4) is 0 Å². The normalized spacial score (nSPS) is 16.2. The van der Waals surface area contributed by atoms with Crippen molar-refractivity contribution in [3.8, 4) is 6.07 Å². The Balaban J connectivity index is 2.18. The first kappa shape index (κ1) is 21.4. The van der Waals surface area contributed by atoms with Crippen LogP contribution in [-0.4, -0.2) is 11.4 Å². The van der Waals surface area contributed by atoms with Gasteiger partial charge in [0.2, 0.25) is 0 Å². The summed E-state index contributed by atoms with van der Waals surface area (Å²) < 4.78 is 40.4. The molecule has 2 aromatic carbocycles. The van der Waals surface area contributed by atoms with Crippen molar-refractivity contribution < 1.29 is 18.0 Å². The van der Waals surface area contributed by atoms with Crippen molar-refractivity contribution >= 4 is 17.3 Å². The molecule has 4 nitrogen and oxygen atoms in total. The molecule has 0 radical (unpaired) electrons. The van der Waals surface area contributed by atoms with E-state index >= 15 is 0 Å². The zero-order valence-electron chi connectivity index (χ0n) is 17.0. The maximum Gasteiger partial charge on any atom is 0.417 e. The van der Waals surface area contributed by atoms with Gasteiger partial charge in [-0.1, -0.05) is 38.1 Å². The maximum absolute atomic E-state index is 13.5. The van der Waals surface area contributed by atoms with Crippen molar-refractivity contribution in [2.75, 3.05) is 9.80 Å². The predicted octanol–water partition coefficient (Wildman–Crippen LogP) is 5.77. The molecule has 3 rings (SSSR count). The Morgan fingerprint density at radius 3 is 2.13 bits per heavy atom. The fourth-order valence-corrected chi connectivity index (χ4v) is 4.00. The summed E-state index contributed by atoms with van der Waals surface area (Å²) in [7, 11) is 0. The zero-order chi connectivity index (χ0) is 22.3. The first-order valence-electron chi connectivity index (χ1n) is 9.62. The minimum atomic E-state index is -4.71. The lowest BCUT2D eigenvalue weighted by Crippen LogP contribution is -2.48. The van der Waals surface area contributed by atoms with Gasteiger partial charge < -0.3 is 4.90 Å². The van der Waals surface area contributed by atoms with Crippen LogP contribution < -0.4 is 9.80 Å². The Bertz CT molecular complexity index is 1030. The summed E-state index contributed by atoms with van der Waals surface area (Å²) in [5, 5.41) is 9.06. The fraction of sp³-hybridized carbons (Fsp3) is 0.304. The maximum atomic E-state index is 13.5. The number of carbonyl (C=O) groups excluding carboxylic acids is 1. The van der Waals surface area contributed by atoms with Gasteiger partial charge in [-0.05, 0) is 50.1 Å². The predicted molar refractivity (Wildman–Crippen MR) is 110 cm³/mol. The third kappa shape index (κ3) is 3.22. The molecule has 1 aliphatic heterocycles. The van der Waals surface area contributed by atoms with Crippen LogP contribution in [0, 0.1) is 18.3 Å². The van der Waals surface area contributed by atoms with Crippen LogP contribution in [0.5, 0.6) is 0 Å². The number of benzene rings is 2. The minimum absolute atomic E-state index is 0.0391. The van der Waals surface area contributed by atoms with Crippen LogP contribution in [0.1, 0.15) is 43.4 Å². The Kier molecular flexibility index (Phi) is 5.38. The summed E-state index contributed by atoms with van der Waals surface area (Å²) >= 11 is 0. The number of nitriles is 1. The highest BCUT2D eigenvalue weighted by Crippen LogP contribution is 2.45. The molecule has 156 valence electrons. The molecular weight excluding hydrogens is 391 g/mol. The van der Waals surface area contributed by atoms with E-state index in [2.05, 4.69) is 6.58 Å². The summed E-state index contributed by atoms with van der Waals surface area (Å²) in [4.78, 5) is 16.6. The van der Waals surface area contributed by atoms with Crippen molar-refractivity contribution in [1.82, 2.24) is 0 Å². The lowest BCUT2D eigenvalue weighted by atomic mass is 9.90. The van der Waals surface area contributed by atoms with Crippen molar-refractivity contribution in [1.29, 1.82) is 5.26 Å². The minimum Gasteiger partial charge on any atom is -0.313 e. The molecule has 7 heteroatoms. The van der Waals surface area contributed by atoms with Crippen molar-refractivity contribution in [3.63, 3.8) is 0 Å². The molecule has 30 heavy (non-hydrogen) atoms. The average molecular weight is 413 g/mol. The topological polar surface area (TPSA) is 47.3 Å². The lowest BCUT2D eigenvalue weighted by molar-refractivity contribution is -0.137. The second-order valence-electron chi connectivity index (χ2n) is 7.31. The van der Waals surface area contributed by atoms with Crippen LogP contribution in [0.4, 0.5) is 24.5 Å². The average Bonchev–Trinajstić information content (AvgIpc) is 2.94. The number of aryl methyl sites for hydroxylation is 1. The number of carbonyl (C=O) groups is 1. The van der Waals surface area contributed by atoms with E-state index in [1.165, 1.54) is 11.0 Å². The molecule has 1 amide bonds. The van der Waals surface area contributed by atoms with Gasteiger partial charge in [0.1, 0.15) is 11.4 Å². The molecule has 2 aromatic rings. The van der Waals surface area contributed by atoms with E-state index in [4.69, 9.17) is 5.26 Å². The summed E-state index contributed by atoms with van der Waals surface area (Å²) in [6.45, 7) is 9.75. The van der Waals surface area contributed by atoms with Crippen LogP contribution >= 0.6 is 0 Å². The molecule has 0 unspecified atom stereocenters. The number of hydrogen-bond donors (Lipinski definition) is 0. The molecule has 0 aliphatic carbocycles. The Labute approximate surface area is 173 Å². The number of nitrogens with zero attached hydrogens (tertiary/aromatic N) is 3. The molecule has 1 fully saturated rings. The largest absolute Gasteiger partial charge is 0.417 e. The van der Waals surface area contributed by atoms with Gasteiger partial charge in [-0.2, -0.15) is 18.4 Å².